The second kappa shape index (κ2) is 5.02. The Morgan fingerprint density at radius 2 is 2.00 bits per heavy atom. The zero-order valence-corrected chi connectivity index (χ0v) is 10.5. The lowest BCUT2D eigenvalue weighted by Crippen LogP contribution is -2.16. The fraction of sp³-hybridized carbons (Fsp3) is 0.583. The summed E-state index contributed by atoms with van der Waals surface area (Å²) in [7, 11) is 3.96. The van der Waals surface area contributed by atoms with Gasteiger partial charge in [-0.3, -0.25) is 0 Å². The molecule has 1 aromatic heterocycles. The lowest BCUT2D eigenvalue weighted by Gasteiger charge is -2.23. The molecule has 16 heavy (non-hydrogen) atoms. The lowest BCUT2D eigenvalue weighted by molar-refractivity contribution is 0.0853. The topological polar surface area (TPSA) is 25.4 Å². The Bertz CT molecular complexity index is 362. The molecule has 0 unspecified atom stereocenters. The number of pyridine rings is 1. The Kier molecular flexibility index (Phi) is 3.66. The zero-order valence-electron chi connectivity index (χ0n) is 9.74. The van der Waals surface area contributed by atoms with Gasteiger partial charge in [-0.05, 0) is 36.5 Å². The number of hydrogen-bond acceptors (Lipinski definition) is 3. The molecule has 0 bridgehead atoms. The molecule has 4 heteroatoms. The molecule has 3 nitrogen and oxygen atoms in total. The van der Waals surface area contributed by atoms with E-state index in [2.05, 4.69) is 11.1 Å². The zero-order chi connectivity index (χ0) is 11.5. The highest BCUT2D eigenvalue weighted by molar-refractivity contribution is 6.29. The third-order valence-corrected chi connectivity index (χ3v) is 3.15. The number of halogens is 1. The van der Waals surface area contributed by atoms with E-state index in [9.17, 15) is 0 Å². The second-order valence-corrected chi connectivity index (χ2v) is 4.75. The maximum Gasteiger partial charge on any atom is 0.131 e. The van der Waals surface area contributed by atoms with E-state index in [1.807, 2.05) is 25.1 Å². The summed E-state index contributed by atoms with van der Waals surface area (Å²) < 4.78 is 5.37. The Balaban J connectivity index is 2.25. The van der Waals surface area contributed by atoms with Crippen LogP contribution in [0.4, 0.5) is 5.82 Å². The first-order valence-corrected chi connectivity index (χ1v) is 5.97. The van der Waals surface area contributed by atoms with Gasteiger partial charge < -0.3 is 9.64 Å². The SMILES string of the molecule is CN(C)c1cc(C2CCOCC2)cc(Cl)n1. The van der Waals surface area contributed by atoms with Gasteiger partial charge in [0.1, 0.15) is 11.0 Å². The predicted molar refractivity (Wildman–Crippen MR) is 66.4 cm³/mol. The highest BCUT2D eigenvalue weighted by Gasteiger charge is 2.17. The van der Waals surface area contributed by atoms with Crippen LogP contribution in [0.1, 0.15) is 24.3 Å². The molecule has 1 aliphatic rings. The first-order valence-electron chi connectivity index (χ1n) is 5.59. The molecular weight excluding hydrogens is 224 g/mol. The van der Waals surface area contributed by atoms with Gasteiger partial charge in [-0.15, -0.1) is 0 Å². The predicted octanol–water partition coefficient (Wildman–Crippen LogP) is 2.70. The molecule has 1 aromatic rings. The van der Waals surface area contributed by atoms with E-state index in [1.54, 1.807) is 0 Å². The van der Waals surface area contributed by atoms with Gasteiger partial charge in [0.2, 0.25) is 0 Å². The van der Waals surface area contributed by atoms with Crippen molar-refractivity contribution < 1.29 is 4.74 Å². The van der Waals surface area contributed by atoms with Crippen molar-refractivity contribution in [3.8, 4) is 0 Å². The Morgan fingerprint density at radius 3 is 2.62 bits per heavy atom. The van der Waals surface area contributed by atoms with E-state index in [-0.39, 0.29) is 0 Å². The fourth-order valence-corrected chi connectivity index (χ4v) is 2.21. The van der Waals surface area contributed by atoms with Crippen molar-refractivity contribution in [3.63, 3.8) is 0 Å². The van der Waals surface area contributed by atoms with Crippen LogP contribution in [0, 0.1) is 0 Å². The van der Waals surface area contributed by atoms with E-state index in [0.29, 0.717) is 11.1 Å². The molecule has 0 amide bonds. The monoisotopic (exact) mass is 240 g/mol. The average molecular weight is 241 g/mol. The molecule has 0 radical (unpaired) electrons. The van der Waals surface area contributed by atoms with Crippen LogP contribution in [-0.4, -0.2) is 32.3 Å². The number of hydrogen-bond donors (Lipinski definition) is 0. The molecule has 0 N–H and O–H groups in total. The van der Waals surface area contributed by atoms with Crippen molar-refractivity contribution in [2.24, 2.45) is 0 Å². The molecule has 1 saturated heterocycles. The van der Waals surface area contributed by atoms with Crippen LogP contribution in [0.5, 0.6) is 0 Å². The summed E-state index contributed by atoms with van der Waals surface area (Å²) in [5, 5.41) is 0.577. The van der Waals surface area contributed by atoms with Gasteiger partial charge >= 0.3 is 0 Å². The van der Waals surface area contributed by atoms with Gasteiger partial charge in [0.15, 0.2) is 0 Å². The van der Waals surface area contributed by atoms with Crippen molar-refractivity contribution in [2.75, 3.05) is 32.2 Å². The van der Waals surface area contributed by atoms with Gasteiger partial charge in [0.05, 0.1) is 0 Å². The van der Waals surface area contributed by atoms with E-state index in [0.717, 1.165) is 31.9 Å². The first-order chi connectivity index (χ1) is 7.66. The number of aromatic nitrogens is 1. The molecule has 88 valence electrons. The quantitative estimate of drug-likeness (QED) is 0.744. The molecule has 0 aliphatic carbocycles. The number of ether oxygens (including phenoxy) is 1. The van der Waals surface area contributed by atoms with Crippen LogP contribution < -0.4 is 4.90 Å². The first kappa shape index (κ1) is 11.7. The summed E-state index contributed by atoms with van der Waals surface area (Å²) in [4.78, 5) is 6.27. The van der Waals surface area contributed by atoms with E-state index >= 15 is 0 Å². The van der Waals surface area contributed by atoms with Crippen LogP contribution in [0.2, 0.25) is 5.15 Å². The highest BCUT2D eigenvalue weighted by Crippen LogP contribution is 2.30. The van der Waals surface area contributed by atoms with Crippen molar-refractivity contribution in [1.29, 1.82) is 0 Å². The minimum atomic E-state index is 0.563. The molecule has 2 rings (SSSR count). The van der Waals surface area contributed by atoms with Gasteiger partial charge in [0, 0.05) is 27.3 Å². The maximum absolute atomic E-state index is 6.04. The summed E-state index contributed by atoms with van der Waals surface area (Å²) in [6.07, 6.45) is 2.15. The largest absolute Gasteiger partial charge is 0.381 e. The van der Waals surface area contributed by atoms with Gasteiger partial charge in [0.25, 0.3) is 0 Å². The minimum absolute atomic E-state index is 0.563. The summed E-state index contributed by atoms with van der Waals surface area (Å²) in [5.41, 5.74) is 1.28. The number of nitrogens with zero attached hydrogens (tertiary/aromatic N) is 2. The standard InChI is InChI=1S/C12H17ClN2O/c1-15(2)12-8-10(7-11(13)14-12)9-3-5-16-6-4-9/h7-9H,3-6H2,1-2H3. The highest BCUT2D eigenvalue weighted by atomic mass is 35.5. The fourth-order valence-electron chi connectivity index (χ4n) is 2.00. The molecule has 2 heterocycles. The number of anilines is 1. The van der Waals surface area contributed by atoms with Crippen LogP contribution >= 0.6 is 11.6 Å². The Labute approximate surface area is 101 Å². The van der Waals surface area contributed by atoms with Crippen LogP contribution in [0.15, 0.2) is 12.1 Å². The maximum atomic E-state index is 6.04. The Hall–Kier alpha value is -0.800. The van der Waals surface area contributed by atoms with Crippen LogP contribution in [-0.2, 0) is 4.74 Å². The average Bonchev–Trinajstić information content (AvgIpc) is 2.29. The van der Waals surface area contributed by atoms with E-state index in [1.165, 1.54) is 5.56 Å². The van der Waals surface area contributed by atoms with Crippen LogP contribution in [0.25, 0.3) is 0 Å². The van der Waals surface area contributed by atoms with Gasteiger partial charge in [-0.2, -0.15) is 0 Å². The molecule has 0 aromatic carbocycles. The molecule has 1 aliphatic heterocycles. The smallest absolute Gasteiger partial charge is 0.131 e. The third kappa shape index (κ3) is 2.66. The molecule has 0 atom stereocenters. The second-order valence-electron chi connectivity index (χ2n) is 4.36. The molecule has 0 saturated carbocycles. The third-order valence-electron chi connectivity index (χ3n) is 2.95. The van der Waals surface area contributed by atoms with Crippen molar-refractivity contribution in [1.82, 2.24) is 4.98 Å². The van der Waals surface area contributed by atoms with Gasteiger partial charge in [-0.1, -0.05) is 11.6 Å². The summed E-state index contributed by atoms with van der Waals surface area (Å²) in [5.74, 6) is 1.49. The molecule has 0 spiro atoms. The normalized spacial score (nSPS) is 17.4. The van der Waals surface area contributed by atoms with E-state index < -0.39 is 0 Å². The summed E-state index contributed by atoms with van der Waals surface area (Å²) >= 11 is 6.04. The minimum Gasteiger partial charge on any atom is -0.381 e. The molecule has 1 fully saturated rings. The van der Waals surface area contributed by atoms with Crippen molar-refractivity contribution >= 4 is 17.4 Å². The molecular formula is C12H17ClN2O. The van der Waals surface area contributed by atoms with Crippen molar-refractivity contribution in [2.45, 2.75) is 18.8 Å². The Morgan fingerprint density at radius 1 is 1.31 bits per heavy atom. The number of rotatable bonds is 2. The van der Waals surface area contributed by atoms with Crippen LogP contribution in [0.3, 0.4) is 0 Å². The lowest BCUT2D eigenvalue weighted by atomic mass is 9.92. The van der Waals surface area contributed by atoms with Gasteiger partial charge in [-0.25, -0.2) is 4.98 Å². The van der Waals surface area contributed by atoms with Crippen molar-refractivity contribution in [3.05, 3.63) is 22.8 Å². The summed E-state index contributed by atoms with van der Waals surface area (Å²) in [6, 6.07) is 4.10. The summed E-state index contributed by atoms with van der Waals surface area (Å²) in [6.45, 7) is 1.70. The van der Waals surface area contributed by atoms with E-state index in [4.69, 9.17) is 16.3 Å².